The van der Waals surface area contributed by atoms with Gasteiger partial charge in [-0.2, -0.15) is 0 Å². The fraction of sp³-hybridized carbons (Fsp3) is 0.0667. The van der Waals surface area contributed by atoms with Crippen LogP contribution in [0.4, 0.5) is 0 Å². The molecule has 1 amide bonds. The Bertz CT molecular complexity index is 710. The number of imidazole rings is 1. The highest BCUT2D eigenvalue weighted by atomic mass is 32.1. The predicted octanol–water partition coefficient (Wildman–Crippen LogP) is 2.73. The molecule has 5 heteroatoms. The van der Waals surface area contributed by atoms with Crippen molar-refractivity contribution in [2.45, 2.75) is 6.54 Å². The molecule has 0 aliphatic carbocycles. The minimum absolute atomic E-state index is 0.115. The highest BCUT2D eigenvalue weighted by molar-refractivity contribution is 7.10. The Kier molecular flexibility index (Phi) is 3.60. The SMILES string of the molecule is O=C(/C=C/c1cccs1)NCc1cn2ccccc2n1. The molecule has 3 rings (SSSR count). The van der Waals surface area contributed by atoms with E-state index < -0.39 is 0 Å². The summed E-state index contributed by atoms with van der Waals surface area (Å²) in [4.78, 5) is 17.2. The van der Waals surface area contributed by atoms with E-state index in [1.54, 1.807) is 17.4 Å². The summed E-state index contributed by atoms with van der Waals surface area (Å²) in [5, 5.41) is 4.81. The molecule has 3 aromatic heterocycles. The molecule has 3 heterocycles. The van der Waals surface area contributed by atoms with E-state index in [1.165, 1.54) is 0 Å². The summed E-state index contributed by atoms with van der Waals surface area (Å²) in [5.74, 6) is -0.115. The summed E-state index contributed by atoms with van der Waals surface area (Å²) in [6.07, 6.45) is 7.20. The van der Waals surface area contributed by atoms with Gasteiger partial charge < -0.3 is 9.72 Å². The maximum absolute atomic E-state index is 11.7. The minimum atomic E-state index is -0.115. The van der Waals surface area contributed by atoms with Crippen LogP contribution in [0.1, 0.15) is 10.6 Å². The van der Waals surface area contributed by atoms with E-state index in [0.717, 1.165) is 16.2 Å². The molecule has 0 spiro atoms. The maximum atomic E-state index is 11.7. The van der Waals surface area contributed by atoms with Gasteiger partial charge in [-0.1, -0.05) is 12.1 Å². The molecule has 0 radical (unpaired) electrons. The number of carbonyl (C=O) groups excluding carboxylic acids is 1. The number of nitrogens with zero attached hydrogens (tertiary/aromatic N) is 2. The van der Waals surface area contributed by atoms with Gasteiger partial charge in [-0.3, -0.25) is 4.79 Å². The van der Waals surface area contributed by atoms with Crippen LogP contribution < -0.4 is 5.32 Å². The Morgan fingerprint density at radius 3 is 3.10 bits per heavy atom. The number of fused-ring (bicyclic) bond motifs is 1. The number of amides is 1. The van der Waals surface area contributed by atoms with E-state index >= 15 is 0 Å². The van der Waals surface area contributed by atoms with E-state index in [9.17, 15) is 4.79 Å². The molecule has 0 saturated heterocycles. The normalized spacial score (nSPS) is 11.2. The monoisotopic (exact) mass is 283 g/mol. The Hall–Kier alpha value is -2.40. The van der Waals surface area contributed by atoms with Gasteiger partial charge in [-0.25, -0.2) is 4.98 Å². The van der Waals surface area contributed by atoms with Gasteiger partial charge in [0.1, 0.15) is 5.65 Å². The Morgan fingerprint density at radius 1 is 1.35 bits per heavy atom. The predicted molar refractivity (Wildman–Crippen MR) is 80.4 cm³/mol. The fourth-order valence-corrected chi connectivity index (χ4v) is 2.47. The molecule has 1 N–H and O–H groups in total. The van der Waals surface area contributed by atoms with Crippen LogP contribution in [-0.4, -0.2) is 15.3 Å². The topological polar surface area (TPSA) is 46.4 Å². The van der Waals surface area contributed by atoms with Crippen LogP contribution in [0.15, 0.2) is 54.2 Å². The third kappa shape index (κ3) is 2.95. The average molecular weight is 283 g/mol. The third-order valence-electron chi connectivity index (χ3n) is 2.80. The standard InChI is InChI=1S/C15H13N3OS/c19-15(7-6-13-4-3-9-20-13)16-10-12-11-18-8-2-1-5-14(18)17-12/h1-9,11H,10H2,(H,16,19)/b7-6+. The summed E-state index contributed by atoms with van der Waals surface area (Å²) in [6.45, 7) is 0.426. The minimum Gasteiger partial charge on any atom is -0.347 e. The summed E-state index contributed by atoms with van der Waals surface area (Å²) >= 11 is 1.60. The van der Waals surface area contributed by atoms with Crippen molar-refractivity contribution in [1.82, 2.24) is 14.7 Å². The second-order valence-corrected chi connectivity index (χ2v) is 5.24. The number of thiophene rings is 1. The Balaban J connectivity index is 1.60. The lowest BCUT2D eigenvalue weighted by Gasteiger charge is -1.97. The van der Waals surface area contributed by atoms with E-state index in [0.29, 0.717) is 6.54 Å². The Labute approximate surface area is 120 Å². The summed E-state index contributed by atoms with van der Waals surface area (Å²) < 4.78 is 1.93. The van der Waals surface area contributed by atoms with Crippen LogP contribution >= 0.6 is 11.3 Å². The molecule has 0 unspecified atom stereocenters. The van der Waals surface area contributed by atoms with Crippen LogP contribution in [-0.2, 0) is 11.3 Å². The smallest absolute Gasteiger partial charge is 0.244 e. The number of carbonyl (C=O) groups is 1. The number of hydrogen-bond acceptors (Lipinski definition) is 3. The van der Waals surface area contributed by atoms with Gasteiger partial charge in [0, 0.05) is 23.3 Å². The molecule has 4 nitrogen and oxygen atoms in total. The van der Waals surface area contributed by atoms with Crippen molar-refractivity contribution in [1.29, 1.82) is 0 Å². The second kappa shape index (κ2) is 5.71. The molecule has 0 bridgehead atoms. The van der Waals surface area contributed by atoms with Crippen LogP contribution in [0.5, 0.6) is 0 Å². The molecule has 3 aromatic rings. The van der Waals surface area contributed by atoms with E-state index in [4.69, 9.17) is 0 Å². The molecular weight excluding hydrogens is 270 g/mol. The molecule has 0 atom stereocenters. The molecule has 0 fully saturated rings. The number of aromatic nitrogens is 2. The van der Waals surface area contributed by atoms with Crippen molar-refractivity contribution in [2.24, 2.45) is 0 Å². The van der Waals surface area contributed by atoms with Gasteiger partial charge in [0.15, 0.2) is 0 Å². The van der Waals surface area contributed by atoms with Crippen molar-refractivity contribution < 1.29 is 4.79 Å². The van der Waals surface area contributed by atoms with Crippen molar-refractivity contribution in [2.75, 3.05) is 0 Å². The van der Waals surface area contributed by atoms with Crippen molar-refractivity contribution >= 4 is 29.0 Å². The highest BCUT2D eigenvalue weighted by Crippen LogP contribution is 2.10. The van der Waals surface area contributed by atoms with Crippen molar-refractivity contribution in [3.63, 3.8) is 0 Å². The van der Waals surface area contributed by atoms with E-state index in [-0.39, 0.29) is 5.91 Å². The molecule has 0 aromatic carbocycles. The first-order valence-corrected chi connectivity index (χ1v) is 7.11. The molecule has 0 aliphatic rings. The first-order valence-electron chi connectivity index (χ1n) is 6.23. The van der Waals surface area contributed by atoms with E-state index in [2.05, 4.69) is 10.3 Å². The summed E-state index contributed by atoms with van der Waals surface area (Å²) in [5.41, 5.74) is 1.72. The third-order valence-corrected chi connectivity index (χ3v) is 3.64. The first-order chi connectivity index (χ1) is 9.81. The quantitative estimate of drug-likeness (QED) is 0.748. The van der Waals surface area contributed by atoms with Gasteiger partial charge in [0.2, 0.25) is 5.91 Å². The molecule has 0 aliphatic heterocycles. The Morgan fingerprint density at radius 2 is 2.30 bits per heavy atom. The van der Waals surface area contributed by atoms with Gasteiger partial charge in [0.25, 0.3) is 0 Å². The molecule has 100 valence electrons. The molecular formula is C15H13N3OS. The fourth-order valence-electron chi connectivity index (χ4n) is 1.85. The lowest BCUT2D eigenvalue weighted by atomic mass is 10.4. The van der Waals surface area contributed by atoms with Crippen LogP contribution in [0.25, 0.3) is 11.7 Å². The zero-order valence-corrected chi connectivity index (χ0v) is 11.5. The number of nitrogens with one attached hydrogen (secondary N) is 1. The highest BCUT2D eigenvalue weighted by Gasteiger charge is 2.02. The van der Waals surface area contributed by atoms with E-state index in [1.807, 2.05) is 58.6 Å². The second-order valence-electron chi connectivity index (χ2n) is 4.26. The van der Waals surface area contributed by atoms with Gasteiger partial charge in [-0.05, 0) is 29.7 Å². The molecule has 0 saturated carbocycles. The number of pyridine rings is 1. The number of rotatable bonds is 4. The largest absolute Gasteiger partial charge is 0.347 e. The lowest BCUT2D eigenvalue weighted by Crippen LogP contribution is -2.20. The first kappa shape index (κ1) is 12.6. The average Bonchev–Trinajstić information content (AvgIpc) is 3.11. The summed E-state index contributed by atoms with van der Waals surface area (Å²) in [6, 6.07) is 9.74. The zero-order valence-electron chi connectivity index (χ0n) is 10.7. The van der Waals surface area contributed by atoms with Gasteiger partial charge in [0.05, 0.1) is 12.2 Å². The lowest BCUT2D eigenvalue weighted by molar-refractivity contribution is -0.116. The maximum Gasteiger partial charge on any atom is 0.244 e. The van der Waals surface area contributed by atoms with Gasteiger partial charge >= 0.3 is 0 Å². The van der Waals surface area contributed by atoms with Crippen molar-refractivity contribution in [3.8, 4) is 0 Å². The van der Waals surface area contributed by atoms with Crippen molar-refractivity contribution in [3.05, 3.63) is 64.8 Å². The number of hydrogen-bond donors (Lipinski definition) is 1. The van der Waals surface area contributed by atoms with Crippen LogP contribution in [0.3, 0.4) is 0 Å². The van der Waals surface area contributed by atoms with Gasteiger partial charge in [-0.15, -0.1) is 11.3 Å². The summed E-state index contributed by atoms with van der Waals surface area (Å²) in [7, 11) is 0. The van der Waals surface area contributed by atoms with Crippen LogP contribution in [0.2, 0.25) is 0 Å². The van der Waals surface area contributed by atoms with Crippen LogP contribution in [0, 0.1) is 0 Å². The molecule has 20 heavy (non-hydrogen) atoms. The zero-order chi connectivity index (χ0) is 13.8.